The minimum Gasteiger partial charge on any atom is -0.497 e. The number of aryl methyl sites for hydroxylation is 1. The van der Waals surface area contributed by atoms with Crippen molar-refractivity contribution in [3.8, 4) is 5.75 Å². The number of hydrogen-bond acceptors (Lipinski definition) is 3. The summed E-state index contributed by atoms with van der Waals surface area (Å²) >= 11 is 0. The summed E-state index contributed by atoms with van der Waals surface area (Å²) in [7, 11) is 3.68. The maximum absolute atomic E-state index is 12.4. The van der Waals surface area contributed by atoms with Crippen molar-refractivity contribution >= 4 is 23.0 Å². The molecule has 4 rings (SSSR count). The molecule has 0 radical (unpaired) electrons. The number of aromatic nitrogens is 1. The average molecular weight is 361 g/mol. The van der Waals surface area contributed by atoms with Crippen molar-refractivity contribution in [3.05, 3.63) is 65.4 Å². The monoisotopic (exact) mass is 361 g/mol. The number of methoxy groups -OCH3 is 1. The van der Waals surface area contributed by atoms with Gasteiger partial charge in [0.1, 0.15) is 5.75 Å². The minimum absolute atomic E-state index is 0.0123. The van der Waals surface area contributed by atoms with Crippen molar-refractivity contribution in [2.75, 3.05) is 7.11 Å². The van der Waals surface area contributed by atoms with Gasteiger partial charge in [-0.1, -0.05) is 30.3 Å². The van der Waals surface area contributed by atoms with Gasteiger partial charge in [0.25, 0.3) is 0 Å². The van der Waals surface area contributed by atoms with Crippen molar-refractivity contribution in [3.63, 3.8) is 0 Å². The van der Waals surface area contributed by atoms with Gasteiger partial charge in [-0.2, -0.15) is 5.10 Å². The molecule has 2 aromatic carbocycles. The van der Waals surface area contributed by atoms with E-state index in [0.29, 0.717) is 5.92 Å². The first-order valence-corrected chi connectivity index (χ1v) is 9.11. The molecule has 138 valence electrons. The highest BCUT2D eigenvalue weighted by atomic mass is 16.5. The average Bonchev–Trinajstić information content (AvgIpc) is 3.47. The van der Waals surface area contributed by atoms with Gasteiger partial charge in [-0.15, -0.1) is 0 Å². The molecule has 3 aromatic rings. The van der Waals surface area contributed by atoms with Gasteiger partial charge < -0.3 is 9.30 Å². The number of rotatable bonds is 5. The summed E-state index contributed by atoms with van der Waals surface area (Å²) in [6.45, 7) is 2.04. The SMILES string of the molecule is COc1ccc2c(c1)c(C=NNC(=O)C1CC1c1ccccc1)c(C)n2C. The van der Waals surface area contributed by atoms with E-state index >= 15 is 0 Å². The Labute approximate surface area is 158 Å². The molecule has 1 heterocycles. The molecule has 1 aliphatic rings. The number of nitrogens with one attached hydrogen (secondary N) is 1. The molecule has 0 saturated heterocycles. The van der Waals surface area contributed by atoms with Crippen LogP contribution in [0.3, 0.4) is 0 Å². The Morgan fingerprint density at radius 3 is 2.78 bits per heavy atom. The molecule has 1 fully saturated rings. The Kier molecular flexibility index (Phi) is 4.44. The van der Waals surface area contributed by atoms with Crippen LogP contribution in [0, 0.1) is 12.8 Å². The third-order valence-electron chi connectivity index (χ3n) is 5.47. The predicted octanol–water partition coefficient (Wildman–Crippen LogP) is 3.75. The lowest BCUT2D eigenvalue weighted by Crippen LogP contribution is -2.20. The number of carbonyl (C=O) groups excluding carboxylic acids is 1. The van der Waals surface area contributed by atoms with Gasteiger partial charge >= 0.3 is 0 Å². The molecule has 5 heteroatoms. The lowest BCUT2D eigenvalue weighted by atomic mass is 10.1. The van der Waals surface area contributed by atoms with Crippen molar-refractivity contribution in [2.45, 2.75) is 19.3 Å². The molecule has 2 unspecified atom stereocenters. The number of fused-ring (bicyclic) bond motifs is 1. The standard InChI is InChI=1S/C22H23N3O2/c1-14-20(18-11-16(27-3)9-10-21(18)25(14)2)13-23-24-22(26)19-12-17(19)15-7-5-4-6-8-15/h4-11,13,17,19H,12H2,1-3H3,(H,24,26). The highest BCUT2D eigenvalue weighted by molar-refractivity contribution is 6.02. The van der Waals surface area contributed by atoms with E-state index in [1.54, 1.807) is 13.3 Å². The van der Waals surface area contributed by atoms with E-state index < -0.39 is 0 Å². The molecule has 0 spiro atoms. The van der Waals surface area contributed by atoms with Crippen LogP contribution in [-0.2, 0) is 11.8 Å². The summed E-state index contributed by atoms with van der Waals surface area (Å²) in [5, 5.41) is 5.29. The van der Waals surface area contributed by atoms with Gasteiger partial charge in [0.15, 0.2) is 0 Å². The van der Waals surface area contributed by atoms with Gasteiger partial charge in [-0.25, -0.2) is 5.43 Å². The van der Waals surface area contributed by atoms with Gasteiger partial charge in [-0.3, -0.25) is 4.79 Å². The Bertz CT molecular complexity index is 1020. The van der Waals surface area contributed by atoms with E-state index in [-0.39, 0.29) is 11.8 Å². The van der Waals surface area contributed by atoms with Crippen LogP contribution in [0.2, 0.25) is 0 Å². The van der Waals surface area contributed by atoms with E-state index in [0.717, 1.165) is 34.3 Å². The number of ether oxygens (including phenoxy) is 1. The first-order chi connectivity index (χ1) is 13.1. The maximum Gasteiger partial charge on any atom is 0.243 e. The molecule has 1 saturated carbocycles. The zero-order valence-corrected chi connectivity index (χ0v) is 15.8. The number of nitrogens with zero attached hydrogens (tertiary/aromatic N) is 2. The normalized spacial score (nSPS) is 18.8. The molecular weight excluding hydrogens is 338 g/mol. The summed E-state index contributed by atoms with van der Waals surface area (Å²) in [4.78, 5) is 12.4. The predicted molar refractivity (Wildman–Crippen MR) is 107 cm³/mol. The van der Waals surface area contributed by atoms with Gasteiger partial charge in [-0.05, 0) is 43.0 Å². The molecule has 0 bridgehead atoms. The van der Waals surface area contributed by atoms with E-state index in [9.17, 15) is 4.79 Å². The van der Waals surface area contributed by atoms with Crippen LogP contribution in [0.15, 0.2) is 53.6 Å². The fraction of sp³-hybridized carbons (Fsp3) is 0.273. The molecule has 1 N–H and O–H groups in total. The van der Waals surface area contributed by atoms with Crippen molar-refractivity contribution in [1.82, 2.24) is 9.99 Å². The van der Waals surface area contributed by atoms with E-state index in [2.05, 4.69) is 27.2 Å². The molecule has 2 atom stereocenters. The highest BCUT2D eigenvalue weighted by Crippen LogP contribution is 2.47. The second kappa shape index (κ2) is 6.91. The van der Waals surface area contributed by atoms with Crippen molar-refractivity contribution in [2.24, 2.45) is 18.1 Å². The highest BCUT2D eigenvalue weighted by Gasteiger charge is 2.43. The third kappa shape index (κ3) is 3.21. The van der Waals surface area contributed by atoms with Crippen LogP contribution in [0.25, 0.3) is 10.9 Å². The fourth-order valence-corrected chi connectivity index (χ4v) is 3.67. The van der Waals surface area contributed by atoms with Crippen LogP contribution < -0.4 is 10.2 Å². The smallest absolute Gasteiger partial charge is 0.243 e. The van der Waals surface area contributed by atoms with Gasteiger partial charge in [0.2, 0.25) is 5.91 Å². The molecule has 1 aliphatic carbocycles. The van der Waals surface area contributed by atoms with Gasteiger partial charge in [0.05, 0.1) is 13.3 Å². The van der Waals surface area contributed by atoms with Crippen LogP contribution >= 0.6 is 0 Å². The second-order valence-electron chi connectivity index (χ2n) is 7.03. The Hall–Kier alpha value is -3.08. The molecule has 0 aliphatic heterocycles. The number of carbonyl (C=O) groups is 1. The Morgan fingerprint density at radius 2 is 2.04 bits per heavy atom. The summed E-state index contributed by atoms with van der Waals surface area (Å²) in [5.74, 6) is 1.11. The minimum atomic E-state index is -0.0180. The zero-order chi connectivity index (χ0) is 19.0. The molecule has 1 amide bonds. The summed E-state index contributed by atoms with van der Waals surface area (Å²) in [5.41, 5.74) is 7.11. The van der Waals surface area contributed by atoms with Crippen molar-refractivity contribution in [1.29, 1.82) is 0 Å². The fourth-order valence-electron chi connectivity index (χ4n) is 3.67. The number of benzene rings is 2. The Balaban J connectivity index is 1.49. The third-order valence-corrected chi connectivity index (χ3v) is 5.47. The van der Waals surface area contributed by atoms with Crippen LogP contribution in [0.5, 0.6) is 5.75 Å². The molecule has 27 heavy (non-hydrogen) atoms. The number of hydrazone groups is 1. The van der Waals surface area contributed by atoms with Gasteiger partial charge in [0, 0.05) is 35.1 Å². The van der Waals surface area contributed by atoms with E-state index in [1.807, 2.05) is 50.4 Å². The second-order valence-corrected chi connectivity index (χ2v) is 7.03. The topological polar surface area (TPSA) is 55.6 Å². The van der Waals surface area contributed by atoms with E-state index in [4.69, 9.17) is 4.74 Å². The molecule has 1 aromatic heterocycles. The lowest BCUT2D eigenvalue weighted by molar-refractivity contribution is -0.122. The van der Waals surface area contributed by atoms with Crippen molar-refractivity contribution < 1.29 is 9.53 Å². The van der Waals surface area contributed by atoms with Crippen LogP contribution in [0.1, 0.15) is 29.2 Å². The van der Waals surface area contributed by atoms with E-state index in [1.165, 1.54) is 5.56 Å². The molecular formula is C22H23N3O2. The largest absolute Gasteiger partial charge is 0.497 e. The Morgan fingerprint density at radius 1 is 1.26 bits per heavy atom. The van der Waals surface area contributed by atoms with Crippen LogP contribution in [-0.4, -0.2) is 23.8 Å². The van der Waals surface area contributed by atoms with Crippen LogP contribution in [0.4, 0.5) is 0 Å². The lowest BCUT2D eigenvalue weighted by Gasteiger charge is -2.01. The first-order valence-electron chi connectivity index (χ1n) is 9.11. The zero-order valence-electron chi connectivity index (χ0n) is 15.8. The summed E-state index contributed by atoms with van der Waals surface area (Å²) in [6, 6.07) is 16.1. The number of amides is 1. The summed E-state index contributed by atoms with van der Waals surface area (Å²) < 4.78 is 7.45. The summed E-state index contributed by atoms with van der Waals surface area (Å²) in [6.07, 6.45) is 2.62. The molecule has 5 nitrogen and oxygen atoms in total. The first kappa shape index (κ1) is 17.3. The quantitative estimate of drug-likeness (QED) is 0.556. The number of hydrogen-bond donors (Lipinski definition) is 1. The maximum atomic E-state index is 12.4.